The van der Waals surface area contributed by atoms with E-state index in [-0.39, 0.29) is 17.4 Å². The predicted octanol–water partition coefficient (Wildman–Crippen LogP) is 1.09. The van der Waals surface area contributed by atoms with Crippen molar-refractivity contribution in [3.05, 3.63) is 12.2 Å². The zero-order chi connectivity index (χ0) is 12.5. The van der Waals surface area contributed by atoms with E-state index in [0.717, 1.165) is 24.4 Å². The van der Waals surface area contributed by atoms with Gasteiger partial charge in [-0.15, -0.1) is 10.2 Å². The second-order valence-corrected chi connectivity index (χ2v) is 5.24. The fourth-order valence-electron chi connectivity index (χ4n) is 1.95. The molecule has 1 N–H and O–H groups in total. The lowest BCUT2D eigenvalue weighted by Gasteiger charge is -2.16. The van der Waals surface area contributed by atoms with Crippen molar-refractivity contribution in [2.24, 2.45) is 12.5 Å². The van der Waals surface area contributed by atoms with Gasteiger partial charge >= 0.3 is 0 Å². The Labute approximate surface area is 106 Å². The van der Waals surface area contributed by atoms with Gasteiger partial charge in [-0.3, -0.25) is 4.79 Å². The van der Waals surface area contributed by atoms with Gasteiger partial charge in [-0.1, -0.05) is 0 Å². The summed E-state index contributed by atoms with van der Waals surface area (Å²) in [6.07, 6.45) is 4.43. The third-order valence-electron chi connectivity index (χ3n) is 3.34. The van der Waals surface area contributed by atoms with Crippen molar-refractivity contribution in [1.82, 2.24) is 20.1 Å². The predicted molar refractivity (Wildman–Crippen MR) is 67.7 cm³/mol. The fourth-order valence-corrected chi connectivity index (χ4v) is 2.38. The first kappa shape index (κ1) is 12.4. The minimum absolute atomic E-state index is 0.0760. The number of hydrogen-bond donors (Lipinski definition) is 2. The van der Waals surface area contributed by atoms with Gasteiger partial charge in [-0.05, 0) is 30.9 Å². The molecule has 0 spiro atoms. The van der Waals surface area contributed by atoms with Crippen LogP contribution in [0.3, 0.4) is 0 Å². The highest BCUT2D eigenvalue weighted by Crippen LogP contribution is 2.49. The number of hydrogen-bond acceptors (Lipinski definition) is 4. The van der Waals surface area contributed by atoms with Crippen LogP contribution >= 0.6 is 12.6 Å². The van der Waals surface area contributed by atoms with E-state index in [9.17, 15) is 4.79 Å². The van der Waals surface area contributed by atoms with Crippen molar-refractivity contribution in [1.29, 1.82) is 0 Å². The molecule has 94 valence electrons. The highest BCUT2D eigenvalue weighted by atomic mass is 32.1. The lowest BCUT2D eigenvalue weighted by molar-refractivity contribution is -0.122. The largest absolute Gasteiger partial charge is 0.346 e. The number of carbonyl (C=O) groups is 1. The molecule has 1 unspecified atom stereocenters. The first-order valence-electron chi connectivity index (χ1n) is 5.80. The zero-order valence-corrected chi connectivity index (χ0v) is 11.1. The number of amides is 1. The Kier molecular flexibility index (Phi) is 3.42. The Bertz CT molecular complexity index is 413. The quantitative estimate of drug-likeness (QED) is 0.773. The van der Waals surface area contributed by atoms with Crippen LogP contribution < -0.4 is 5.32 Å². The maximum Gasteiger partial charge on any atom is 0.221 e. The van der Waals surface area contributed by atoms with E-state index in [4.69, 9.17) is 0 Å². The summed E-state index contributed by atoms with van der Waals surface area (Å²) in [6.45, 7) is 1.92. The Hall–Kier alpha value is -1.04. The van der Waals surface area contributed by atoms with E-state index in [1.165, 1.54) is 0 Å². The number of nitrogens with zero attached hydrogens (tertiary/aromatic N) is 3. The second kappa shape index (κ2) is 4.68. The van der Waals surface area contributed by atoms with Crippen LogP contribution in [0, 0.1) is 5.41 Å². The van der Waals surface area contributed by atoms with Crippen molar-refractivity contribution in [2.45, 2.75) is 32.2 Å². The van der Waals surface area contributed by atoms with Crippen LogP contribution in [0.1, 0.15) is 38.1 Å². The molecule has 1 aromatic rings. The van der Waals surface area contributed by atoms with Crippen LogP contribution in [0.2, 0.25) is 0 Å². The van der Waals surface area contributed by atoms with Gasteiger partial charge in [-0.2, -0.15) is 12.6 Å². The van der Waals surface area contributed by atoms with E-state index in [2.05, 4.69) is 28.1 Å². The highest BCUT2D eigenvalue weighted by Gasteiger charge is 2.43. The van der Waals surface area contributed by atoms with Crippen molar-refractivity contribution in [3.8, 4) is 0 Å². The molecule has 0 aliphatic heterocycles. The zero-order valence-electron chi connectivity index (χ0n) is 10.2. The number of carbonyl (C=O) groups excluding carboxylic acids is 1. The number of nitrogens with one attached hydrogen (secondary N) is 1. The first-order chi connectivity index (χ1) is 8.06. The topological polar surface area (TPSA) is 59.8 Å². The molecule has 17 heavy (non-hydrogen) atoms. The SMILES string of the molecule is CC(NC(=O)CC1(CS)CC1)c1nncn1C. The van der Waals surface area contributed by atoms with Crippen molar-refractivity contribution < 1.29 is 4.79 Å². The molecular weight excluding hydrogens is 236 g/mol. The van der Waals surface area contributed by atoms with Crippen LogP contribution in [-0.2, 0) is 11.8 Å². The lowest BCUT2D eigenvalue weighted by Crippen LogP contribution is -2.30. The van der Waals surface area contributed by atoms with E-state index < -0.39 is 0 Å². The summed E-state index contributed by atoms with van der Waals surface area (Å²) in [5, 5.41) is 10.7. The molecule has 5 nitrogen and oxygen atoms in total. The molecular formula is C11H18N4OS. The molecule has 0 bridgehead atoms. The molecule has 2 rings (SSSR count). The summed E-state index contributed by atoms with van der Waals surface area (Å²) < 4.78 is 1.82. The van der Waals surface area contributed by atoms with Gasteiger partial charge in [0.2, 0.25) is 5.91 Å². The maximum absolute atomic E-state index is 11.9. The molecule has 0 aromatic carbocycles. The number of aromatic nitrogens is 3. The van der Waals surface area contributed by atoms with Gasteiger partial charge in [0.15, 0.2) is 5.82 Å². The molecule has 0 saturated heterocycles. The Balaban J connectivity index is 1.89. The van der Waals surface area contributed by atoms with Crippen LogP contribution in [0.15, 0.2) is 6.33 Å². The van der Waals surface area contributed by atoms with E-state index in [1.807, 2.05) is 18.5 Å². The number of thiol groups is 1. The number of rotatable bonds is 5. The highest BCUT2D eigenvalue weighted by molar-refractivity contribution is 7.80. The van der Waals surface area contributed by atoms with Crippen LogP contribution in [-0.4, -0.2) is 26.4 Å². The van der Waals surface area contributed by atoms with Crippen LogP contribution in [0.5, 0.6) is 0 Å². The summed E-state index contributed by atoms with van der Waals surface area (Å²) in [6, 6.07) is -0.106. The first-order valence-corrected chi connectivity index (χ1v) is 6.44. The normalized spacial score (nSPS) is 18.8. The Morgan fingerprint density at radius 1 is 1.71 bits per heavy atom. The number of aryl methyl sites for hydroxylation is 1. The third kappa shape index (κ3) is 2.80. The molecule has 1 atom stereocenters. The minimum atomic E-state index is -0.106. The average molecular weight is 254 g/mol. The maximum atomic E-state index is 11.9. The third-order valence-corrected chi connectivity index (χ3v) is 4.01. The van der Waals surface area contributed by atoms with Crippen LogP contribution in [0.4, 0.5) is 0 Å². The van der Waals surface area contributed by atoms with Crippen LogP contribution in [0.25, 0.3) is 0 Å². The molecule has 0 radical (unpaired) electrons. The van der Waals surface area contributed by atoms with Gasteiger partial charge in [0.05, 0.1) is 6.04 Å². The standard InChI is InChI=1S/C11H18N4OS/c1-8(10-14-12-7-15(10)2)13-9(16)5-11(6-17)3-4-11/h7-8,17H,3-6H2,1-2H3,(H,13,16). The summed E-state index contributed by atoms with van der Waals surface area (Å²) in [7, 11) is 1.87. The summed E-state index contributed by atoms with van der Waals surface area (Å²) in [4.78, 5) is 11.9. The second-order valence-electron chi connectivity index (χ2n) is 4.92. The minimum Gasteiger partial charge on any atom is -0.346 e. The van der Waals surface area contributed by atoms with Crippen molar-refractivity contribution in [2.75, 3.05) is 5.75 Å². The Morgan fingerprint density at radius 2 is 2.41 bits per heavy atom. The Morgan fingerprint density at radius 3 is 2.88 bits per heavy atom. The molecule has 6 heteroatoms. The lowest BCUT2D eigenvalue weighted by atomic mass is 10.0. The van der Waals surface area contributed by atoms with E-state index >= 15 is 0 Å². The monoisotopic (exact) mass is 254 g/mol. The van der Waals surface area contributed by atoms with Crippen molar-refractivity contribution >= 4 is 18.5 Å². The van der Waals surface area contributed by atoms with E-state index in [0.29, 0.717) is 6.42 Å². The van der Waals surface area contributed by atoms with Gasteiger partial charge in [-0.25, -0.2) is 0 Å². The van der Waals surface area contributed by atoms with Gasteiger partial charge < -0.3 is 9.88 Å². The average Bonchev–Trinajstić information content (AvgIpc) is 2.91. The molecule has 1 amide bonds. The molecule has 1 fully saturated rings. The summed E-state index contributed by atoms with van der Waals surface area (Å²) in [5.41, 5.74) is 0.160. The molecule has 1 aliphatic rings. The molecule has 1 aromatic heterocycles. The van der Waals surface area contributed by atoms with Crippen molar-refractivity contribution in [3.63, 3.8) is 0 Å². The van der Waals surface area contributed by atoms with Gasteiger partial charge in [0.25, 0.3) is 0 Å². The molecule has 1 aliphatic carbocycles. The van der Waals surface area contributed by atoms with E-state index in [1.54, 1.807) is 6.33 Å². The van der Waals surface area contributed by atoms with Gasteiger partial charge in [0, 0.05) is 13.5 Å². The van der Waals surface area contributed by atoms with Gasteiger partial charge in [0.1, 0.15) is 6.33 Å². The fraction of sp³-hybridized carbons (Fsp3) is 0.727. The summed E-state index contributed by atoms with van der Waals surface area (Å²) in [5.74, 6) is 1.64. The molecule has 1 heterocycles. The smallest absolute Gasteiger partial charge is 0.221 e. The molecule has 1 saturated carbocycles. The summed E-state index contributed by atoms with van der Waals surface area (Å²) >= 11 is 4.30.